The highest BCUT2D eigenvalue weighted by Gasteiger charge is 2.28. The average Bonchev–Trinajstić information content (AvgIpc) is 3.01. The summed E-state index contributed by atoms with van der Waals surface area (Å²) in [6.45, 7) is 1.28. The Bertz CT molecular complexity index is 644. The van der Waals surface area contributed by atoms with Gasteiger partial charge in [0.2, 0.25) is 0 Å². The number of aryl methyl sites for hydroxylation is 1. The second kappa shape index (κ2) is 7.07. The second-order valence-electron chi connectivity index (χ2n) is 6.60. The molecule has 0 spiro atoms. The largest absolute Gasteiger partial charge is 0.481 e. The molecule has 0 aromatic carbocycles. The Morgan fingerprint density at radius 3 is 2.58 bits per heavy atom. The summed E-state index contributed by atoms with van der Waals surface area (Å²) in [5.41, 5.74) is 2.32. The molecular weight excluding hydrogens is 308 g/mol. The number of amides is 2. The number of rotatable bonds is 3. The van der Waals surface area contributed by atoms with Crippen LogP contribution in [0.25, 0.3) is 5.57 Å². The zero-order chi connectivity index (χ0) is 17.1. The van der Waals surface area contributed by atoms with Gasteiger partial charge in [-0.15, -0.1) is 0 Å². The molecule has 1 fully saturated rings. The third-order valence-electron chi connectivity index (χ3n) is 5.05. The minimum Gasteiger partial charge on any atom is -0.481 e. The summed E-state index contributed by atoms with van der Waals surface area (Å²) >= 11 is 0. The first-order chi connectivity index (χ1) is 11.5. The van der Waals surface area contributed by atoms with Crippen molar-refractivity contribution in [3.8, 4) is 0 Å². The number of urea groups is 1. The van der Waals surface area contributed by atoms with Crippen molar-refractivity contribution in [1.29, 1.82) is 0 Å². The van der Waals surface area contributed by atoms with Crippen molar-refractivity contribution in [1.82, 2.24) is 20.0 Å². The van der Waals surface area contributed by atoms with Crippen molar-refractivity contribution < 1.29 is 14.7 Å². The molecule has 2 aliphatic rings. The van der Waals surface area contributed by atoms with Crippen LogP contribution in [0.5, 0.6) is 0 Å². The molecule has 130 valence electrons. The lowest BCUT2D eigenvalue weighted by atomic mass is 9.86. The van der Waals surface area contributed by atoms with Crippen LogP contribution in [0.1, 0.15) is 37.8 Å². The van der Waals surface area contributed by atoms with Crippen LogP contribution in [0.2, 0.25) is 0 Å². The van der Waals surface area contributed by atoms with Crippen molar-refractivity contribution >= 4 is 17.6 Å². The van der Waals surface area contributed by atoms with Gasteiger partial charge in [0.05, 0.1) is 11.6 Å². The normalized spacial score (nSPS) is 24.4. The molecule has 7 heteroatoms. The van der Waals surface area contributed by atoms with E-state index < -0.39 is 5.97 Å². The van der Waals surface area contributed by atoms with E-state index in [1.165, 1.54) is 5.57 Å². The van der Waals surface area contributed by atoms with Gasteiger partial charge in [-0.3, -0.25) is 9.48 Å². The van der Waals surface area contributed by atoms with Crippen LogP contribution in [0.4, 0.5) is 4.79 Å². The van der Waals surface area contributed by atoms with Crippen molar-refractivity contribution in [2.75, 3.05) is 13.1 Å². The van der Waals surface area contributed by atoms with E-state index in [0.717, 1.165) is 25.0 Å². The molecule has 1 aliphatic carbocycles. The molecule has 1 saturated carbocycles. The van der Waals surface area contributed by atoms with Gasteiger partial charge < -0.3 is 15.3 Å². The highest BCUT2D eigenvalue weighted by molar-refractivity contribution is 5.76. The number of aliphatic carboxylic acids is 1. The average molecular weight is 332 g/mol. The van der Waals surface area contributed by atoms with E-state index >= 15 is 0 Å². The highest BCUT2D eigenvalue weighted by Crippen LogP contribution is 2.25. The molecule has 24 heavy (non-hydrogen) atoms. The van der Waals surface area contributed by atoms with Gasteiger partial charge in [-0.2, -0.15) is 5.10 Å². The van der Waals surface area contributed by atoms with Gasteiger partial charge in [0, 0.05) is 32.4 Å². The maximum absolute atomic E-state index is 12.4. The summed E-state index contributed by atoms with van der Waals surface area (Å²) in [5, 5.41) is 16.3. The van der Waals surface area contributed by atoms with Crippen LogP contribution < -0.4 is 5.32 Å². The Balaban J connectivity index is 1.50. The van der Waals surface area contributed by atoms with Crippen LogP contribution in [-0.4, -0.2) is 50.9 Å². The predicted octanol–water partition coefficient (Wildman–Crippen LogP) is 1.86. The van der Waals surface area contributed by atoms with Gasteiger partial charge in [-0.05, 0) is 43.7 Å². The number of carboxylic acid groups (broad SMARTS) is 1. The molecule has 0 radical (unpaired) electrons. The first-order valence-corrected chi connectivity index (χ1v) is 8.50. The van der Waals surface area contributed by atoms with Crippen molar-refractivity contribution in [3.63, 3.8) is 0 Å². The number of carbonyl (C=O) groups excluding carboxylic acids is 1. The van der Waals surface area contributed by atoms with Gasteiger partial charge in [0.25, 0.3) is 0 Å². The molecule has 2 heterocycles. The lowest BCUT2D eigenvalue weighted by molar-refractivity contribution is -0.142. The van der Waals surface area contributed by atoms with Crippen LogP contribution in [0.3, 0.4) is 0 Å². The molecule has 1 aliphatic heterocycles. The molecular formula is C17H24N4O3. The molecule has 2 N–H and O–H groups in total. The highest BCUT2D eigenvalue weighted by atomic mass is 16.4. The predicted molar refractivity (Wildman–Crippen MR) is 89.3 cm³/mol. The van der Waals surface area contributed by atoms with Gasteiger partial charge in [-0.25, -0.2) is 4.79 Å². The summed E-state index contributed by atoms with van der Waals surface area (Å²) in [6.07, 6.45) is 7.46. The molecule has 1 aromatic rings. The zero-order valence-corrected chi connectivity index (χ0v) is 13.9. The molecule has 0 saturated heterocycles. The fraction of sp³-hybridized carbons (Fsp3) is 0.588. The van der Waals surface area contributed by atoms with Crippen molar-refractivity contribution in [2.24, 2.45) is 13.0 Å². The topological polar surface area (TPSA) is 87.5 Å². The Labute approximate surface area is 141 Å². The molecule has 2 amide bonds. The van der Waals surface area contributed by atoms with E-state index in [0.29, 0.717) is 25.9 Å². The SMILES string of the molecule is Cn1nccc1C1=CCN(C(=O)NC2CCC(C(=O)O)CC2)CC1. The van der Waals surface area contributed by atoms with E-state index in [2.05, 4.69) is 16.5 Å². The number of nitrogens with one attached hydrogen (secondary N) is 1. The Hall–Kier alpha value is -2.31. The summed E-state index contributed by atoms with van der Waals surface area (Å²) in [7, 11) is 1.92. The minimum atomic E-state index is -0.719. The fourth-order valence-corrected chi connectivity index (χ4v) is 3.53. The van der Waals surface area contributed by atoms with E-state index in [9.17, 15) is 9.59 Å². The standard InChI is InChI=1S/C17H24N4O3/c1-20-15(6-9-18-20)12-7-10-21(11-8-12)17(24)19-14-4-2-13(3-5-14)16(22)23/h6-7,9,13-14H,2-5,8,10-11H2,1H3,(H,19,24)(H,22,23). The lowest BCUT2D eigenvalue weighted by Gasteiger charge is -2.31. The molecule has 3 rings (SSSR count). The number of hydrogen-bond donors (Lipinski definition) is 2. The number of carbonyl (C=O) groups is 2. The number of carboxylic acids is 1. The summed E-state index contributed by atoms with van der Waals surface area (Å²) < 4.78 is 1.85. The van der Waals surface area contributed by atoms with Crippen molar-refractivity contribution in [2.45, 2.75) is 38.1 Å². The third kappa shape index (κ3) is 3.60. The smallest absolute Gasteiger partial charge is 0.317 e. The van der Waals surface area contributed by atoms with E-state index in [-0.39, 0.29) is 18.0 Å². The maximum atomic E-state index is 12.4. The molecule has 0 unspecified atom stereocenters. The van der Waals surface area contributed by atoms with Crippen LogP contribution in [0, 0.1) is 5.92 Å². The Morgan fingerprint density at radius 1 is 1.29 bits per heavy atom. The molecule has 7 nitrogen and oxygen atoms in total. The Morgan fingerprint density at radius 2 is 2.04 bits per heavy atom. The monoisotopic (exact) mass is 332 g/mol. The summed E-state index contributed by atoms with van der Waals surface area (Å²) in [4.78, 5) is 25.2. The third-order valence-corrected chi connectivity index (χ3v) is 5.05. The quantitative estimate of drug-likeness (QED) is 0.884. The summed E-state index contributed by atoms with van der Waals surface area (Å²) in [5.74, 6) is -0.971. The minimum absolute atomic E-state index is 0.0471. The van der Waals surface area contributed by atoms with Crippen molar-refractivity contribution in [3.05, 3.63) is 24.0 Å². The van der Waals surface area contributed by atoms with Crippen LogP contribution in [0.15, 0.2) is 18.3 Å². The number of hydrogen-bond acceptors (Lipinski definition) is 3. The number of nitrogens with zero attached hydrogens (tertiary/aromatic N) is 3. The van der Waals surface area contributed by atoms with Gasteiger partial charge in [0.1, 0.15) is 0 Å². The Kier molecular flexibility index (Phi) is 4.87. The van der Waals surface area contributed by atoms with E-state index in [1.807, 2.05) is 22.7 Å². The fourth-order valence-electron chi connectivity index (χ4n) is 3.53. The first kappa shape index (κ1) is 16.5. The summed E-state index contributed by atoms with van der Waals surface area (Å²) in [6, 6.07) is 2.03. The van der Waals surface area contributed by atoms with Gasteiger partial charge in [0.15, 0.2) is 0 Å². The zero-order valence-electron chi connectivity index (χ0n) is 13.9. The van der Waals surface area contributed by atoms with E-state index in [4.69, 9.17) is 5.11 Å². The second-order valence-corrected chi connectivity index (χ2v) is 6.60. The maximum Gasteiger partial charge on any atom is 0.317 e. The van der Waals surface area contributed by atoms with Crippen LogP contribution in [-0.2, 0) is 11.8 Å². The lowest BCUT2D eigenvalue weighted by Crippen LogP contribution is -2.47. The van der Waals surface area contributed by atoms with Gasteiger partial charge >= 0.3 is 12.0 Å². The molecule has 0 bridgehead atoms. The van der Waals surface area contributed by atoms with Gasteiger partial charge in [-0.1, -0.05) is 6.08 Å². The van der Waals surface area contributed by atoms with E-state index in [1.54, 1.807) is 6.20 Å². The first-order valence-electron chi connectivity index (χ1n) is 8.50. The molecule has 1 aromatic heterocycles. The van der Waals surface area contributed by atoms with Crippen LogP contribution >= 0.6 is 0 Å². The molecule has 0 atom stereocenters. The number of aromatic nitrogens is 2.